The molecule has 0 saturated carbocycles. The molecule has 114 valence electrons. The van der Waals surface area contributed by atoms with Gasteiger partial charge in [-0.3, -0.25) is 0 Å². The first kappa shape index (κ1) is 16.5. The lowest BCUT2D eigenvalue weighted by molar-refractivity contribution is 0.267. The zero-order chi connectivity index (χ0) is 15.6. The van der Waals surface area contributed by atoms with Crippen LogP contribution in [0.2, 0.25) is 0 Å². The fourth-order valence-corrected chi connectivity index (χ4v) is 4.21. The van der Waals surface area contributed by atoms with Crippen LogP contribution in [0.15, 0.2) is 32.9 Å². The molecule has 0 aliphatic carbocycles. The average Bonchev–Trinajstić information content (AvgIpc) is 2.83. The van der Waals surface area contributed by atoms with E-state index >= 15 is 0 Å². The van der Waals surface area contributed by atoms with E-state index in [1.54, 1.807) is 11.4 Å². The van der Waals surface area contributed by atoms with Crippen molar-refractivity contribution in [1.29, 1.82) is 0 Å². The summed E-state index contributed by atoms with van der Waals surface area (Å²) in [6.07, 6.45) is 0. The minimum absolute atomic E-state index is 0.0100. The predicted molar refractivity (Wildman–Crippen MR) is 78.3 cm³/mol. The Balaban J connectivity index is 2.27. The van der Waals surface area contributed by atoms with E-state index in [1.807, 2.05) is 0 Å². The average molecular weight is 398 g/mol. The second kappa shape index (κ2) is 6.49. The molecule has 0 aliphatic rings. The molecule has 21 heavy (non-hydrogen) atoms. The van der Waals surface area contributed by atoms with Gasteiger partial charge in [0.1, 0.15) is 10.7 Å². The van der Waals surface area contributed by atoms with Crippen LogP contribution in [0, 0.1) is 11.6 Å². The van der Waals surface area contributed by atoms with Gasteiger partial charge in [-0.05, 0) is 34.1 Å². The van der Waals surface area contributed by atoms with E-state index in [4.69, 9.17) is 5.11 Å². The second-order valence-corrected chi connectivity index (χ2v) is 7.70. The van der Waals surface area contributed by atoms with E-state index in [1.165, 1.54) is 11.3 Å². The Morgan fingerprint density at radius 2 is 2.05 bits per heavy atom. The highest BCUT2D eigenvalue weighted by atomic mass is 79.9. The second-order valence-electron chi connectivity index (χ2n) is 4.05. The van der Waals surface area contributed by atoms with Crippen molar-refractivity contribution in [2.24, 2.45) is 0 Å². The normalized spacial score (nSPS) is 11.8. The van der Waals surface area contributed by atoms with Crippen molar-refractivity contribution >= 4 is 37.3 Å². The molecule has 1 aromatic carbocycles. The van der Waals surface area contributed by atoms with Crippen molar-refractivity contribution < 1.29 is 22.3 Å². The smallest absolute Gasteiger partial charge is 0.243 e. The number of rotatable bonds is 5. The number of nitrogens with one attached hydrogen (secondary N) is 1. The lowest BCUT2D eigenvalue weighted by Gasteiger charge is -2.09. The molecular formula is C12H10BrF2NO3S2. The highest BCUT2D eigenvalue weighted by molar-refractivity contribution is 9.10. The topological polar surface area (TPSA) is 66.4 Å². The molecule has 1 heterocycles. The SMILES string of the molecule is O=S(=O)(NCc1cc(Br)cs1)c1ccc(F)c(CO)c1F. The Morgan fingerprint density at radius 1 is 1.33 bits per heavy atom. The van der Waals surface area contributed by atoms with Gasteiger partial charge in [-0.15, -0.1) is 11.3 Å². The van der Waals surface area contributed by atoms with Gasteiger partial charge in [-0.25, -0.2) is 21.9 Å². The van der Waals surface area contributed by atoms with Crippen LogP contribution in [0.4, 0.5) is 8.78 Å². The molecule has 0 radical (unpaired) electrons. The van der Waals surface area contributed by atoms with Crippen LogP contribution >= 0.6 is 27.3 Å². The number of hydrogen-bond donors (Lipinski definition) is 2. The van der Waals surface area contributed by atoms with Gasteiger partial charge in [-0.2, -0.15) is 0 Å². The third-order valence-corrected chi connectivity index (χ3v) is 5.77. The maximum Gasteiger partial charge on any atom is 0.243 e. The summed E-state index contributed by atoms with van der Waals surface area (Å²) in [5, 5.41) is 10.7. The van der Waals surface area contributed by atoms with Gasteiger partial charge in [0.15, 0.2) is 5.82 Å². The summed E-state index contributed by atoms with van der Waals surface area (Å²) in [6, 6.07) is 3.37. The fraction of sp³-hybridized carbons (Fsp3) is 0.167. The molecule has 2 aromatic rings. The number of benzene rings is 1. The molecule has 2 rings (SSSR count). The summed E-state index contributed by atoms with van der Waals surface area (Å²) >= 11 is 4.57. The number of sulfonamides is 1. The molecule has 0 aliphatic heterocycles. The van der Waals surface area contributed by atoms with Gasteiger partial charge < -0.3 is 5.11 Å². The van der Waals surface area contributed by atoms with Crippen LogP contribution in [0.3, 0.4) is 0 Å². The molecule has 0 amide bonds. The van der Waals surface area contributed by atoms with E-state index < -0.39 is 38.7 Å². The van der Waals surface area contributed by atoms with Crippen LogP contribution in [-0.2, 0) is 23.2 Å². The maximum atomic E-state index is 13.9. The summed E-state index contributed by atoms with van der Waals surface area (Å²) in [7, 11) is -4.14. The number of halogens is 3. The monoisotopic (exact) mass is 397 g/mol. The van der Waals surface area contributed by atoms with Crippen molar-refractivity contribution in [2.45, 2.75) is 18.0 Å². The lowest BCUT2D eigenvalue weighted by atomic mass is 10.2. The van der Waals surface area contributed by atoms with Crippen LogP contribution in [0.25, 0.3) is 0 Å². The van der Waals surface area contributed by atoms with Gasteiger partial charge >= 0.3 is 0 Å². The van der Waals surface area contributed by atoms with Crippen LogP contribution in [0.5, 0.6) is 0 Å². The predicted octanol–water partition coefficient (Wildman–Crippen LogP) is 2.76. The number of aliphatic hydroxyl groups is 1. The molecule has 0 spiro atoms. The molecule has 4 nitrogen and oxygen atoms in total. The molecule has 0 fully saturated rings. The molecule has 9 heteroatoms. The molecule has 0 atom stereocenters. The third kappa shape index (κ3) is 3.67. The van der Waals surface area contributed by atoms with E-state index in [0.717, 1.165) is 21.5 Å². The standard InChI is InChI=1S/C12H10BrF2NO3S2/c13-7-3-8(20-6-7)4-16-21(18,19)11-2-1-10(14)9(5-17)12(11)15/h1-3,6,16-17H,4-5H2. The largest absolute Gasteiger partial charge is 0.391 e. The molecular weight excluding hydrogens is 388 g/mol. The van der Waals surface area contributed by atoms with E-state index in [9.17, 15) is 17.2 Å². The summed E-state index contributed by atoms with van der Waals surface area (Å²) in [5.74, 6) is -2.27. The van der Waals surface area contributed by atoms with Gasteiger partial charge in [-0.1, -0.05) is 0 Å². The first-order chi connectivity index (χ1) is 9.85. The summed E-state index contributed by atoms with van der Waals surface area (Å²) in [6.45, 7) is -0.928. The first-order valence-corrected chi connectivity index (χ1v) is 8.81. The first-order valence-electron chi connectivity index (χ1n) is 5.65. The van der Waals surface area contributed by atoms with Crippen molar-refractivity contribution in [2.75, 3.05) is 0 Å². The quantitative estimate of drug-likeness (QED) is 0.814. The highest BCUT2D eigenvalue weighted by Gasteiger charge is 2.23. The third-order valence-electron chi connectivity index (χ3n) is 2.66. The molecule has 0 saturated heterocycles. The number of hydrogen-bond acceptors (Lipinski definition) is 4. The molecule has 0 bridgehead atoms. The Bertz CT molecular complexity index is 762. The minimum Gasteiger partial charge on any atom is -0.391 e. The fourth-order valence-electron chi connectivity index (χ4n) is 1.62. The lowest BCUT2D eigenvalue weighted by Crippen LogP contribution is -2.24. The zero-order valence-corrected chi connectivity index (χ0v) is 13.7. The Hall–Kier alpha value is -0.870. The van der Waals surface area contributed by atoms with Crippen molar-refractivity contribution in [3.63, 3.8) is 0 Å². The Labute approximate surface area is 132 Å². The van der Waals surface area contributed by atoms with Gasteiger partial charge in [0, 0.05) is 21.3 Å². The van der Waals surface area contributed by atoms with Gasteiger partial charge in [0.25, 0.3) is 0 Å². The summed E-state index contributed by atoms with van der Waals surface area (Å²) in [5.41, 5.74) is -0.670. The van der Waals surface area contributed by atoms with E-state index in [-0.39, 0.29) is 6.54 Å². The van der Waals surface area contributed by atoms with Crippen LogP contribution < -0.4 is 4.72 Å². The van der Waals surface area contributed by atoms with E-state index in [0.29, 0.717) is 0 Å². The molecule has 0 unspecified atom stereocenters. The number of aliphatic hydroxyl groups excluding tert-OH is 1. The Morgan fingerprint density at radius 3 is 2.62 bits per heavy atom. The van der Waals surface area contributed by atoms with Gasteiger partial charge in [0.2, 0.25) is 10.0 Å². The number of thiophene rings is 1. The van der Waals surface area contributed by atoms with Gasteiger partial charge in [0.05, 0.1) is 12.2 Å². The molecule has 1 aromatic heterocycles. The van der Waals surface area contributed by atoms with Crippen molar-refractivity contribution in [1.82, 2.24) is 4.72 Å². The summed E-state index contributed by atoms with van der Waals surface area (Å²) < 4.78 is 54.3. The summed E-state index contributed by atoms with van der Waals surface area (Å²) in [4.78, 5) is 0.0407. The minimum atomic E-state index is -4.14. The maximum absolute atomic E-state index is 13.9. The van der Waals surface area contributed by atoms with E-state index in [2.05, 4.69) is 20.7 Å². The van der Waals surface area contributed by atoms with Crippen molar-refractivity contribution in [3.8, 4) is 0 Å². The Kier molecular flexibility index (Phi) is 5.10. The van der Waals surface area contributed by atoms with Crippen LogP contribution in [0.1, 0.15) is 10.4 Å². The molecule has 2 N–H and O–H groups in total. The van der Waals surface area contributed by atoms with Crippen molar-refractivity contribution in [3.05, 3.63) is 50.1 Å². The zero-order valence-electron chi connectivity index (χ0n) is 10.4. The van der Waals surface area contributed by atoms with Crippen LogP contribution in [-0.4, -0.2) is 13.5 Å². The highest BCUT2D eigenvalue weighted by Crippen LogP contribution is 2.23.